The van der Waals surface area contributed by atoms with Crippen molar-refractivity contribution in [3.8, 4) is 33.6 Å². The molecule has 0 atom stereocenters. The number of nitrogens with zero attached hydrogens (tertiary/aromatic N) is 1. The van der Waals surface area contributed by atoms with E-state index >= 15 is 0 Å². The third kappa shape index (κ3) is 6.08. The van der Waals surface area contributed by atoms with Crippen molar-refractivity contribution in [1.29, 1.82) is 0 Å². The Hall–Kier alpha value is -3.22. The first kappa shape index (κ1) is 28.3. The van der Waals surface area contributed by atoms with Gasteiger partial charge in [-0.3, -0.25) is 0 Å². The third-order valence-electron chi connectivity index (χ3n) is 8.29. The van der Waals surface area contributed by atoms with Gasteiger partial charge in [-0.1, -0.05) is 119 Å². The van der Waals surface area contributed by atoms with Gasteiger partial charge < -0.3 is 4.98 Å². The van der Waals surface area contributed by atoms with Crippen LogP contribution in [0.2, 0.25) is 0 Å². The lowest BCUT2D eigenvalue weighted by Gasteiger charge is -2.28. The number of fused-ring (bicyclic) bond motifs is 1. The van der Waals surface area contributed by atoms with Crippen LogP contribution in [0.1, 0.15) is 59.3 Å². The van der Waals surface area contributed by atoms with Gasteiger partial charge >= 0.3 is 0 Å². The molecule has 5 aromatic rings. The molecule has 2 nitrogen and oxygen atoms in total. The van der Waals surface area contributed by atoms with Gasteiger partial charge in [-0.05, 0) is 54.2 Å². The smallest absolute Gasteiger partial charge is 0.138 e. The highest BCUT2D eigenvalue weighted by molar-refractivity contribution is 7.82. The number of benzene rings is 4. The zero-order valence-electron chi connectivity index (χ0n) is 24.5. The number of unbranched alkanes of at least 4 members (excludes halogenated alkanes) is 3. The summed E-state index contributed by atoms with van der Waals surface area (Å²) in [7, 11) is -1.23. The Balaban J connectivity index is 1.63. The van der Waals surface area contributed by atoms with E-state index < -0.39 is 7.26 Å². The molecule has 0 bridgehead atoms. The summed E-state index contributed by atoms with van der Waals surface area (Å²) in [5, 5.41) is 1.61. The summed E-state index contributed by atoms with van der Waals surface area (Å²) in [6, 6.07) is 35.3. The molecule has 4 aromatic carbocycles. The lowest BCUT2D eigenvalue weighted by Crippen LogP contribution is -2.21. The molecule has 0 aliphatic carbocycles. The molecule has 5 rings (SSSR count). The van der Waals surface area contributed by atoms with Crippen molar-refractivity contribution in [2.24, 2.45) is 0 Å². The van der Waals surface area contributed by atoms with Crippen LogP contribution in [0.3, 0.4) is 0 Å². The van der Waals surface area contributed by atoms with Crippen molar-refractivity contribution in [3.05, 3.63) is 97.1 Å². The van der Waals surface area contributed by atoms with Crippen LogP contribution in [-0.4, -0.2) is 28.5 Å². The number of nitrogens with one attached hydrogen (secondary N) is 1. The van der Waals surface area contributed by atoms with Crippen LogP contribution in [0.4, 0.5) is 0 Å². The van der Waals surface area contributed by atoms with Crippen LogP contribution >= 0.6 is 7.26 Å². The molecule has 1 aromatic heterocycles. The van der Waals surface area contributed by atoms with Crippen molar-refractivity contribution in [1.82, 2.24) is 9.97 Å². The Morgan fingerprint density at radius 1 is 0.600 bits per heavy atom. The summed E-state index contributed by atoms with van der Waals surface area (Å²) < 4.78 is 0. The molecule has 0 aliphatic rings. The average Bonchev–Trinajstić information content (AvgIpc) is 3.46. The summed E-state index contributed by atoms with van der Waals surface area (Å²) in [5.41, 5.74) is 8.16. The number of aromatic nitrogens is 2. The molecule has 0 fully saturated rings. The zero-order valence-corrected chi connectivity index (χ0v) is 25.4. The predicted octanol–water partition coefficient (Wildman–Crippen LogP) is 10.6. The first-order valence-electron chi connectivity index (χ1n) is 15.3. The third-order valence-corrected chi connectivity index (χ3v) is 13.2. The molecule has 0 unspecified atom stereocenters. The molecule has 0 radical (unpaired) electrons. The maximum absolute atomic E-state index is 5.31. The molecule has 40 heavy (non-hydrogen) atoms. The Morgan fingerprint density at radius 3 is 1.77 bits per heavy atom. The molecule has 0 aliphatic heterocycles. The van der Waals surface area contributed by atoms with Gasteiger partial charge in [0, 0.05) is 18.4 Å². The number of hydrogen-bond acceptors (Lipinski definition) is 1. The zero-order chi connectivity index (χ0) is 27.8. The van der Waals surface area contributed by atoms with Crippen molar-refractivity contribution < 1.29 is 0 Å². The number of rotatable bonds is 13. The number of hydrogen-bond donors (Lipinski definition) is 1. The van der Waals surface area contributed by atoms with Crippen molar-refractivity contribution >= 4 is 23.6 Å². The van der Waals surface area contributed by atoms with E-state index in [0.29, 0.717) is 0 Å². The van der Waals surface area contributed by atoms with Crippen LogP contribution in [0, 0.1) is 0 Å². The van der Waals surface area contributed by atoms with Crippen molar-refractivity contribution in [3.63, 3.8) is 0 Å². The molecule has 0 spiro atoms. The highest BCUT2D eigenvalue weighted by Crippen LogP contribution is 2.59. The monoisotopic (exact) mass is 547 g/mol. The minimum Gasteiger partial charge on any atom is -0.338 e. The quantitative estimate of drug-likeness (QED) is 0.146. The topological polar surface area (TPSA) is 28.7 Å². The van der Waals surface area contributed by atoms with Gasteiger partial charge in [-0.15, -0.1) is 0 Å². The summed E-state index contributed by atoms with van der Waals surface area (Å²) in [6.07, 6.45) is 12.0. The average molecular weight is 548 g/mol. The van der Waals surface area contributed by atoms with E-state index in [1.807, 2.05) is 0 Å². The van der Waals surface area contributed by atoms with Gasteiger partial charge in [0.25, 0.3) is 0 Å². The van der Waals surface area contributed by atoms with Crippen LogP contribution in [0.25, 0.3) is 44.7 Å². The molecule has 0 saturated heterocycles. The van der Waals surface area contributed by atoms with Gasteiger partial charge in [0.15, 0.2) is 0 Å². The molecule has 206 valence electrons. The van der Waals surface area contributed by atoms with Crippen LogP contribution in [0.15, 0.2) is 97.1 Å². The highest BCUT2D eigenvalue weighted by Gasteiger charge is 2.38. The fourth-order valence-corrected chi connectivity index (χ4v) is 11.0. The number of imidazole rings is 1. The fraction of sp³-hybridized carbons (Fsp3) is 0.324. The van der Waals surface area contributed by atoms with E-state index in [1.165, 1.54) is 84.8 Å². The Morgan fingerprint density at radius 2 is 1.18 bits per heavy atom. The largest absolute Gasteiger partial charge is 0.338 e. The minimum atomic E-state index is -1.23. The summed E-state index contributed by atoms with van der Waals surface area (Å²) in [5.74, 6) is 0.971. The second kappa shape index (κ2) is 13.4. The van der Waals surface area contributed by atoms with E-state index in [2.05, 4.69) is 123 Å². The molecule has 3 heteroatoms. The molecule has 1 heterocycles. The van der Waals surface area contributed by atoms with Gasteiger partial charge in [0.1, 0.15) is 5.82 Å². The second-order valence-corrected chi connectivity index (χ2v) is 15.3. The van der Waals surface area contributed by atoms with E-state index in [1.54, 1.807) is 5.30 Å². The maximum Gasteiger partial charge on any atom is 0.138 e. The lowest BCUT2D eigenvalue weighted by molar-refractivity contribution is 0.841. The Labute approximate surface area is 241 Å². The second-order valence-electron chi connectivity index (χ2n) is 11.1. The molecular weight excluding hydrogens is 503 g/mol. The maximum atomic E-state index is 5.31. The van der Waals surface area contributed by atoms with E-state index in [9.17, 15) is 0 Å². The van der Waals surface area contributed by atoms with Crippen LogP contribution in [0.5, 0.6) is 0 Å². The lowest BCUT2D eigenvalue weighted by atomic mass is 9.93. The predicted molar refractivity (Wildman–Crippen MR) is 178 cm³/mol. The van der Waals surface area contributed by atoms with E-state index in [0.717, 1.165) is 16.9 Å². The van der Waals surface area contributed by atoms with Crippen molar-refractivity contribution in [2.45, 2.75) is 59.3 Å². The molecule has 1 N–H and O–H groups in total. The molecular formula is C37H44N2P+. The Kier molecular flexibility index (Phi) is 9.50. The van der Waals surface area contributed by atoms with Gasteiger partial charge in [0.2, 0.25) is 0 Å². The van der Waals surface area contributed by atoms with Crippen LogP contribution in [-0.2, 0) is 0 Å². The SMILES string of the molecule is CCCC[P+](CCCC)(CCCC)c1cccc(-c2nc3c(-c4ccccc4)c(-c4ccccc4)ccc3[nH]2)c1. The number of aromatic amines is 1. The summed E-state index contributed by atoms with van der Waals surface area (Å²) in [4.78, 5) is 9.02. The fourth-order valence-electron chi connectivity index (χ4n) is 6.02. The first-order valence-corrected chi connectivity index (χ1v) is 17.6. The molecule has 0 amide bonds. The summed E-state index contributed by atoms with van der Waals surface area (Å²) >= 11 is 0. The molecule has 0 saturated carbocycles. The van der Waals surface area contributed by atoms with Gasteiger partial charge in [0.05, 0.1) is 34.8 Å². The normalized spacial score (nSPS) is 11.8. The van der Waals surface area contributed by atoms with E-state index in [4.69, 9.17) is 4.98 Å². The van der Waals surface area contributed by atoms with Crippen molar-refractivity contribution in [2.75, 3.05) is 18.5 Å². The first-order chi connectivity index (χ1) is 19.7. The van der Waals surface area contributed by atoms with Gasteiger partial charge in [-0.25, -0.2) is 4.98 Å². The van der Waals surface area contributed by atoms with Gasteiger partial charge in [-0.2, -0.15) is 0 Å². The van der Waals surface area contributed by atoms with Crippen LogP contribution < -0.4 is 5.30 Å². The number of H-pyrrole nitrogens is 1. The van der Waals surface area contributed by atoms with E-state index in [-0.39, 0.29) is 0 Å². The standard InChI is InChI=1S/C37H44N2P/c1-4-7-25-40(26-8-5-2,27-9-6-3)32-22-16-21-31(28-32)37-38-34-24-23-33(29-17-12-10-13-18-29)35(36(34)39-37)30-19-14-11-15-20-30/h10-24,28H,4-9,25-27H2,1-3H3,(H,38,39)/q+1. The summed E-state index contributed by atoms with van der Waals surface area (Å²) in [6.45, 7) is 7.02. The minimum absolute atomic E-state index is 0.971. The highest BCUT2D eigenvalue weighted by atomic mass is 31.2. The Bertz CT molecular complexity index is 1480.